The van der Waals surface area contributed by atoms with Gasteiger partial charge in [-0.2, -0.15) is 0 Å². The van der Waals surface area contributed by atoms with E-state index in [0.717, 1.165) is 15.8 Å². The number of halogens is 1. The van der Waals surface area contributed by atoms with Gasteiger partial charge in [0.1, 0.15) is 11.5 Å². The Balaban J connectivity index is 2.46. The molecular formula is C13H11BrO3. The summed E-state index contributed by atoms with van der Waals surface area (Å²) in [5.74, 6) is 1.67. The second kappa shape index (κ2) is 5.19. The zero-order valence-electron chi connectivity index (χ0n) is 9.27. The fourth-order valence-corrected chi connectivity index (χ4v) is 1.88. The van der Waals surface area contributed by atoms with E-state index in [2.05, 4.69) is 15.9 Å². The van der Waals surface area contributed by atoms with E-state index < -0.39 is 0 Å². The van der Waals surface area contributed by atoms with Crippen LogP contribution in [0.25, 0.3) is 11.3 Å². The third-order valence-electron chi connectivity index (χ3n) is 2.25. The van der Waals surface area contributed by atoms with Gasteiger partial charge in [0.05, 0.1) is 12.2 Å². The Kier molecular flexibility index (Phi) is 3.64. The van der Waals surface area contributed by atoms with Gasteiger partial charge in [-0.3, -0.25) is 4.79 Å². The highest BCUT2D eigenvalue weighted by Crippen LogP contribution is 2.33. The quantitative estimate of drug-likeness (QED) is 0.802. The molecule has 0 amide bonds. The minimum Gasteiger partial charge on any atom is -0.493 e. The lowest BCUT2D eigenvalue weighted by molar-refractivity contribution is 0.110. The average Bonchev–Trinajstić information content (AvgIpc) is 2.78. The molecule has 0 radical (unpaired) electrons. The minimum atomic E-state index is 0.311. The molecule has 0 atom stereocenters. The van der Waals surface area contributed by atoms with Crippen molar-refractivity contribution in [3.63, 3.8) is 0 Å². The fourth-order valence-electron chi connectivity index (χ4n) is 1.54. The Morgan fingerprint density at radius 2 is 2.18 bits per heavy atom. The van der Waals surface area contributed by atoms with Crippen LogP contribution in [0.1, 0.15) is 17.5 Å². The molecule has 0 saturated heterocycles. The monoisotopic (exact) mass is 294 g/mol. The fraction of sp³-hybridized carbons (Fsp3) is 0.154. The molecule has 0 N–H and O–H groups in total. The first-order valence-electron chi connectivity index (χ1n) is 5.22. The molecule has 3 nitrogen and oxygen atoms in total. The molecular weight excluding hydrogens is 284 g/mol. The van der Waals surface area contributed by atoms with E-state index in [-0.39, 0.29) is 0 Å². The maximum absolute atomic E-state index is 10.6. The molecule has 1 aromatic carbocycles. The van der Waals surface area contributed by atoms with Crippen LogP contribution >= 0.6 is 15.9 Å². The van der Waals surface area contributed by atoms with Crippen molar-refractivity contribution in [1.82, 2.24) is 0 Å². The highest BCUT2D eigenvalue weighted by Gasteiger charge is 2.10. The van der Waals surface area contributed by atoms with Crippen LogP contribution < -0.4 is 4.74 Å². The summed E-state index contributed by atoms with van der Waals surface area (Å²) >= 11 is 3.39. The van der Waals surface area contributed by atoms with Crippen molar-refractivity contribution in [1.29, 1.82) is 0 Å². The van der Waals surface area contributed by atoms with Gasteiger partial charge in [0, 0.05) is 4.47 Å². The van der Waals surface area contributed by atoms with E-state index in [0.29, 0.717) is 24.4 Å². The number of ether oxygens (including phenoxy) is 1. The number of aldehydes is 1. The molecule has 17 heavy (non-hydrogen) atoms. The van der Waals surface area contributed by atoms with E-state index in [1.807, 2.05) is 25.1 Å². The Labute approximate surface area is 108 Å². The molecule has 0 fully saturated rings. The summed E-state index contributed by atoms with van der Waals surface area (Å²) < 4.78 is 11.9. The summed E-state index contributed by atoms with van der Waals surface area (Å²) in [4.78, 5) is 10.6. The predicted molar refractivity (Wildman–Crippen MR) is 68.4 cm³/mol. The maximum Gasteiger partial charge on any atom is 0.185 e. The highest BCUT2D eigenvalue weighted by molar-refractivity contribution is 9.10. The van der Waals surface area contributed by atoms with Gasteiger partial charge in [-0.15, -0.1) is 0 Å². The lowest BCUT2D eigenvalue weighted by atomic mass is 10.1. The molecule has 0 bridgehead atoms. The SMILES string of the molecule is CCOc1cc(Br)ccc1-c1ccc(C=O)o1. The first kappa shape index (κ1) is 11.9. The van der Waals surface area contributed by atoms with Crippen LogP contribution in [0.5, 0.6) is 5.75 Å². The third kappa shape index (κ3) is 2.58. The summed E-state index contributed by atoms with van der Waals surface area (Å²) in [5.41, 5.74) is 0.836. The van der Waals surface area contributed by atoms with Crippen molar-refractivity contribution in [2.45, 2.75) is 6.92 Å². The molecule has 0 aliphatic heterocycles. The second-order valence-electron chi connectivity index (χ2n) is 3.39. The number of hydrogen-bond acceptors (Lipinski definition) is 3. The molecule has 4 heteroatoms. The Morgan fingerprint density at radius 1 is 1.35 bits per heavy atom. The summed E-state index contributed by atoms with van der Waals surface area (Å²) in [7, 11) is 0. The van der Waals surface area contributed by atoms with Crippen molar-refractivity contribution in [2.75, 3.05) is 6.61 Å². The number of rotatable bonds is 4. The van der Waals surface area contributed by atoms with Crippen molar-refractivity contribution in [3.05, 3.63) is 40.6 Å². The predicted octanol–water partition coefficient (Wildman–Crippen LogP) is 3.92. The van der Waals surface area contributed by atoms with Crippen LogP contribution in [-0.4, -0.2) is 12.9 Å². The summed E-state index contributed by atoms with van der Waals surface area (Å²) in [6.45, 7) is 2.49. The lowest BCUT2D eigenvalue weighted by Gasteiger charge is -2.08. The Hall–Kier alpha value is -1.55. The normalized spacial score (nSPS) is 10.2. The Morgan fingerprint density at radius 3 is 2.82 bits per heavy atom. The molecule has 0 aliphatic rings. The molecule has 0 aliphatic carbocycles. The zero-order valence-corrected chi connectivity index (χ0v) is 10.9. The van der Waals surface area contributed by atoms with Crippen LogP contribution in [0.15, 0.2) is 39.2 Å². The average molecular weight is 295 g/mol. The molecule has 88 valence electrons. The van der Waals surface area contributed by atoms with Crippen LogP contribution in [0.2, 0.25) is 0 Å². The first-order valence-corrected chi connectivity index (χ1v) is 6.01. The molecule has 0 spiro atoms. The molecule has 2 aromatic rings. The van der Waals surface area contributed by atoms with Crippen molar-refractivity contribution in [3.8, 4) is 17.1 Å². The number of carbonyl (C=O) groups excluding carboxylic acids is 1. The van der Waals surface area contributed by atoms with Gasteiger partial charge < -0.3 is 9.15 Å². The van der Waals surface area contributed by atoms with Crippen LogP contribution in [-0.2, 0) is 0 Å². The zero-order chi connectivity index (χ0) is 12.3. The number of carbonyl (C=O) groups is 1. The van der Waals surface area contributed by atoms with Gasteiger partial charge in [-0.1, -0.05) is 15.9 Å². The molecule has 1 heterocycles. The summed E-state index contributed by atoms with van der Waals surface area (Å²) in [5, 5.41) is 0. The van der Waals surface area contributed by atoms with Gasteiger partial charge >= 0.3 is 0 Å². The van der Waals surface area contributed by atoms with Crippen LogP contribution in [0, 0.1) is 0 Å². The smallest absolute Gasteiger partial charge is 0.185 e. The van der Waals surface area contributed by atoms with E-state index in [1.54, 1.807) is 12.1 Å². The van der Waals surface area contributed by atoms with Crippen LogP contribution in [0.4, 0.5) is 0 Å². The standard InChI is InChI=1S/C13H11BrO3/c1-2-16-13-7-9(14)3-5-11(13)12-6-4-10(8-15)17-12/h3-8H,2H2,1H3. The van der Waals surface area contributed by atoms with E-state index in [1.165, 1.54) is 0 Å². The highest BCUT2D eigenvalue weighted by atomic mass is 79.9. The van der Waals surface area contributed by atoms with Crippen molar-refractivity contribution < 1.29 is 13.9 Å². The van der Waals surface area contributed by atoms with Crippen molar-refractivity contribution >= 4 is 22.2 Å². The third-order valence-corrected chi connectivity index (χ3v) is 2.75. The van der Waals surface area contributed by atoms with Crippen LogP contribution in [0.3, 0.4) is 0 Å². The van der Waals surface area contributed by atoms with Crippen molar-refractivity contribution in [2.24, 2.45) is 0 Å². The maximum atomic E-state index is 10.6. The van der Waals surface area contributed by atoms with Gasteiger partial charge in [0.15, 0.2) is 12.0 Å². The van der Waals surface area contributed by atoms with E-state index >= 15 is 0 Å². The molecule has 0 unspecified atom stereocenters. The van der Waals surface area contributed by atoms with Gasteiger partial charge in [0.2, 0.25) is 0 Å². The van der Waals surface area contributed by atoms with Gasteiger partial charge in [0.25, 0.3) is 0 Å². The Bertz CT molecular complexity index is 531. The second-order valence-corrected chi connectivity index (χ2v) is 4.31. The van der Waals surface area contributed by atoms with Gasteiger partial charge in [-0.05, 0) is 37.3 Å². The number of benzene rings is 1. The number of hydrogen-bond donors (Lipinski definition) is 0. The summed E-state index contributed by atoms with van der Waals surface area (Å²) in [6.07, 6.45) is 0.683. The molecule has 1 aromatic heterocycles. The summed E-state index contributed by atoms with van der Waals surface area (Å²) in [6, 6.07) is 9.07. The number of furan rings is 1. The lowest BCUT2D eigenvalue weighted by Crippen LogP contribution is -1.93. The largest absolute Gasteiger partial charge is 0.493 e. The molecule has 0 saturated carbocycles. The minimum absolute atomic E-state index is 0.311. The molecule has 2 rings (SSSR count). The topological polar surface area (TPSA) is 39.4 Å². The van der Waals surface area contributed by atoms with E-state index in [9.17, 15) is 4.79 Å². The van der Waals surface area contributed by atoms with Gasteiger partial charge in [-0.25, -0.2) is 0 Å². The van der Waals surface area contributed by atoms with E-state index in [4.69, 9.17) is 9.15 Å². The first-order chi connectivity index (χ1) is 8.24.